The molecule has 1 aromatic rings. The molecule has 0 saturated carbocycles. The number of aliphatic hydroxyl groups is 1. The van der Waals surface area contributed by atoms with Gasteiger partial charge in [0.1, 0.15) is 12.2 Å². The summed E-state index contributed by atoms with van der Waals surface area (Å²) in [6.45, 7) is 4.17. The third-order valence-corrected chi connectivity index (χ3v) is 4.55. The lowest BCUT2D eigenvalue weighted by Gasteiger charge is -2.23. The Kier molecular flexibility index (Phi) is 5.06. The van der Waals surface area contributed by atoms with E-state index >= 15 is 0 Å². The third-order valence-electron chi connectivity index (χ3n) is 3.50. The van der Waals surface area contributed by atoms with Crippen LogP contribution < -0.4 is 0 Å². The van der Waals surface area contributed by atoms with Crippen molar-refractivity contribution in [2.45, 2.75) is 51.7 Å². The van der Waals surface area contributed by atoms with Gasteiger partial charge in [0.15, 0.2) is 0 Å². The number of aromatic nitrogens is 3. The van der Waals surface area contributed by atoms with Gasteiger partial charge >= 0.3 is 0 Å². The number of hydrogen-bond donors (Lipinski definition) is 1. The van der Waals surface area contributed by atoms with Gasteiger partial charge in [0.25, 0.3) is 0 Å². The Labute approximate surface area is 113 Å². The van der Waals surface area contributed by atoms with Crippen molar-refractivity contribution in [3.63, 3.8) is 0 Å². The van der Waals surface area contributed by atoms with Gasteiger partial charge in [-0.15, -0.1) is 0 Å². The molecule has 1 aromatic heterocycles. The molecule has 1 aliphatic rings. The molecule has 1 saturated heterocycles. The predicted octanol–water partition coefficient (Wildman–Crippen LogP) is 2.30. The van der Waals surface area contributed by atoms with Gasteiger partial charge in [0.05, 0.1) is 6.10 Å². The lowest BCUT2D eigenvalue weighted by molar-refractivity contribution is 0.135. The highest BCUT2D eigenvalue weighted by Crippen LogP contribution is 2.27. The van der Waals surface area contributed by atoms with E-state index in [1.807, 2.05) is 16.4 Å². The molecular formula is C13H23N3OS. The molecule has 0 aromatic carbocycles. The van der Waals surface area contributed by atoms with Crippen molar-refractivity contribution in [2.24, 2.45) is 5.92 Å². The third kappa shape index (κ3) is 3.72. The van der Waals surface area contributed by atoms with Crippen LogP contribution in [0.2, 0.25) is 0 Å². The minimum atomic E-state index is -0.278. The van der Waals surface area contributed by atoms with E-state index in [0.717, 1.165) is 12.2 Å². The van der Waals surface area contributed by atoms with Gasteiger partial charge in [-0.2, -0.15) is 16.9 Å². The number of nitrogens with zero attached hydrogens (tertiary/aromatic N) is 3. The molecular weight excluding hydrogens is 246 g/mol. The van der Waals surface area contributed by atoms with Crippen LogP contribution in [0.25, 0.3) is 0 Å². The van der Waals surface area contributed by atoms with Crippen molar-refractivity contribution in [1.29, 1.82) is 0 Å². The molecule has 1 atom stereocenters. The lowest BCUT2D eigenvalue weighted by Crippen LogP contribution is -2.22. The molecule has 0 bridgehead atoms. The van der Waals surface area contributed by atoms with Crippen molar-refractivity contribution < 1.29 is 5.11 Å². The van der Waals surface area contributed by atoms with Crippen molar-refractivity contribution in [2.75, 3.05) is 11.5 Å². The smallest absolute Gasteiger partial charge is 0.138 e. The Morgan fingerprint density at radius 1 is 1.44 bits per heavy atom. The van der Waals surface area contributed by atoms with E-state index < -0.39 is 0 Å². The Morgan fingerprint density at radius 3 is 2.83 bits per heavy atom. The molecule has 102 valence electrons. The quantitative estimate of drug-likeness (QED) is 0.891. The van der Waals surface area contributed by atoms with E-state index in [-0.39, 0.29) is 6.10 Å². The summed E-state index contributed by atoms with van der Waals surface area (Å²) in [7, 11) is 0. The molecule has 2 heterocycles. The normalized spacial score (nSPS) is 19.3. The largest absolute Gasteiger partial charge is 0.393 e. The van der Waals surface area contributed by atoms with E-state index in [2.05, 4.69) is 23.9 Å². The van der Waals surface area contributed by atoms with Crippen LogP contribution in [0.5, 0.6) is 0 Å². The second-order valence-electron chi connectivity index (χ2n) is 5.36. The highest BCUT2D eigenvalue weighted by molar-refractivity contribution is 7.99. The monoisotopic (exact) mass is 269 g/mol. The molecule has 0 amide bonds. The van der Waals surface area contributed by atoms with Crippen LogP contribution >= 0.6 is 11.8 Å². The zero-order valence-corrected chi connectivity index (χ0v) is 12.1. The lowest BCUT2D eigenvalue weighted by atomic mass is 9.94. The van der Waals surface area contributed by atoms with Gasteiger partial charge < -0.3 is 5.11 Å². The summed E-state index contributed by atoms with van der Waals surface area (Å²) < 4.78 is 1.90. The Balaban J connectivity index is 1.86. The highest BCUT2D eigenvalue weighted by Gasteiger charge is 2.20. The van der Waals surface area contributed by atoms with Crippen LogP contribution in [0.4, 0.5) is 0 Å². The summed E-state index contributed by atoms with van der Waals surface area (Å²) in [5, 5.41) is 14.4. The van der Waals surface area contributed by atoms with Gasteiger partial charge in [0.2, 0.25) is 0 Å². The maximum atomic E-state index is 10.2. The summed E-state index contributed by atoms with van der Waals surface area (Å²) in [5.74, 6) is 4.10. The van der Waals surface area contributed by atoms with Gasteiger partial charge in [-0.3, -0.25) is 0 Å². The standard InChI is InChI=1S/C13H23N3OS/c1-10(2)16-13(14-9-15-16)8-12(17)7-11-3-5-18-6-4-11/h9-12,17H,3-8H2,1-2H3. The van der Waals surface area contributed by atoms with E-state index in [0.29, 0.717) is 18.4 Å². The fourth-order valence-corrected chi connectivity index (χ4v) is 3.72. The molecule has 1 N–H and O–H groups in total. The zero-order valence-electron chi connectivity index (χ0n) is 11.2. The van der Waals surface area contributed by atoms with Crippen molar-refractivity contribution >= 4 is 11.8 Å². The minimum absolute atomic E-state index is 0.278. The minimum Gasteiger partial charge on any atom is -0.393 e. The predicted molar refractivity (Wildman–Crippen MR) is 74.8 cm³/mol. The SMILES string of the molecule is CC(C)n1ncnc1CC(O)CC1CCSCC1. The first-order chi connectivity index (χ1) is 8.66. The van der Waals surface area contributed by atoms with Gasteiger partial charge in [-0.25, -0.2) is 9.67 Å². The number of aliphatic hydroxyl groups excluding tert-OH is 1. The number of hydrogen-bond acceptors (Lipinski definition) is 4. The van der Waals surface area contributed by atoms with Crippen LogP contribution in [0.1, 0.15) is 45.0 Å². The first kappa shape index (κ1) is 13.9. The van der Waals surface area contributed by atoms with Crippen LogP contribution in [0, 0.1) is 5.92 Å². The van der Waals surface area contributed by atoms with Crippen LogP contribution in [-0.2, 0) is 6.42 Å². The summed E-state index contributed by atoms with van der Waals surface area (Å²) in [4.78, 5) is 4.26. The summed E-state index contributed by atoms with van der Waals surface area (Å²) in [5.41, 5.74) is 0. The van der Waals surface area contributed by atoms with Gasteiger partial charge in [-0.05, 0) is 50.5 Å². The molecule has 0 spiro atoms. The van der Waals surface area contributed by atoms with E-state index in [4.69, 9.17) is 0 Å². The van der Waals surface area contributed by atoms with Crippen LogP contribution in [0.3, 0.4) is 0 Å². The molecule has 1 fully saturated rings. The maximum Gasteiger partial charge on any atom is 0.138 e. The second kappa shape index (κ2) is 6.57. The van der Waals surface area contributed by atoms with Gasteiger partial charge in [0, 0.05) is 12.5 Å². The van der Waals surface area contributed by atoms with Crippen molar-refractivity contribution in [1.82, 2.24) is 14.8 Å². The van der Waals surface area contributed by atoms with E-state index in [1.54, 1.807) is 6.33 Å². The Bertz CT molecular complexity index is 361. The van der Waals surface area contributed by atoms with Gasteiger partial charge in [-0.1, -0.05) is 0 Å². The van der Waals surface area contributed by atoms with E-state index in [9.17, 15) is 5.11 Å². The molecule has 2 rings (SSSR count). The molecule has 18 heavy (non-hydrogen) atoms. The first-order valence-electron chi connectivity index (χ1n) is 6.81. The molecule has 4 nitrogen and oxygen atoms in total. The van der Waals surface area contributed by atoms with Crippen LogP contribution in [-0.4, -0.2) is 37.5 Å². The van der Waals surface area contributed by atoms with Crippen molar-refractivity contribution in [3.8, 4) is 0 Å². The molecule has 5 heteroatoms. The van der Waals surface area contributed by atoms with Crippen molar-refractivity contribution in [3.05, 3.63) is 12.2 Å². The number of thioether (sulfide) groups is 1. The average Bonchev–Trinajstić information content (AvgIpc) is 2.78. The molecule has 1 aliphatic heterocycles. The summed E-state index contributed by atoms with van der Waals surface area (Å²) >= 11 is 2.03. The average molecular weight is 269 g/mol. The van der Waals surface area contributed by atoms with E-state index in [1.165, 1.54) is 24.3 Å². The molecule has 0 aliphatic carbocycles. The van der Waals surface area contributed by atoms with Crippen LogP contribution in [0.15, 0.2) is 6.33 Å². The zero-order chi connectivity index (χ0) is 13.0. The second-order valence-corrected chi connectivity index (χ2v) is 6.59. The molecule has 1 unspecified atom stereocenters. The summed E-state index contributed by atoms with van der Waals surface area (Å²) in [6.07, 6.45) is 5.34. The highest BCUT2D eigenvalue weighted by atomic mass is 32.2. The fourth-order valence-electron chi connectivity index (χ4n) is 2.51. The number of rotatable bonds is 5. The Morgan fingerprint density at radius 2 is 2.17 bits per heavy atom. The topological polar surface area (TPSA) is 50.9 Å². The Hall–Kier alpha value is -0.550. The molecule has 0 radical (unpaired) electrons. The fraction of sp³-hybridized carbons (Fsp3) is 0.846. The maximum absolute atomic E-state index is 10.2. The first-order valence-corrected chi connectivity index (χ1v) is 7.96. The summed E-state index contributed by atoms with van der Waals surface area (Å²) in [6, 6.07) is 0.306.